The molecule has 0 aliphatic carbocycles. The van der Waals surface area contributed by atoms with Crippen molar-refractivity contribution in [1.29, 1.82) is 0 Å². The van der Waals surface area contributed by atoms with Gasteiger partial charge in [-0.2, -0.15) is 21.6 Å². The summed E-state index contributed by atoms with van der Waals surface area (Å²) in [6.45, 7) is 0. The van der Waals surface area contributed by atoms with Crippen LogP contribution >= 0.6 is 0 Å². The first-order valence-corrected chi connectivity index (χ1v) is 8.20. The second kappa shape index (κ2) is 7.22. The number of anilines is 1. The molecule has 0 saturated heterocycles. The van der Waals surface area contributed by atoms with E-state index in [1.807, 2.05) is 0 Å². The van der Waals surface area contributed by atoms with E-state index in [0.717, 1.165) is 43.5 Å². The molecule has 26 heavy (non-hydrogen) atoms. The lowest BCUT2D eigenvalue weighted by Gasteiger charge is -2.14. The number of benzene rings is 2. The van der Waals surface area contributed by atoms with Crippen molar-refractivity contribution in [2.24, 2.45) is 0 Å². The van der Waals surface area contributed by atoms with E-state index in [2.05, 4.69) is 9.50 Å². The van der Waals surface area contributed by atoms with Crippen molar-refractivity contribution in [3.05, 3.63) is 53.6 Å². The number of carbonyl (C=O) groups excluding carboxylic acids is 1. The molecule has 0 atom stereocenters. The van der Waals surface area contributed by atoms with Gasteiger partial charge in [0, 0.05) is 11.8 Å². The average Bonchev–Trinajstić information content (AvgIpc) is 2.54. The van der Waals surface area contributed by atoms with Gasteiger partial charge in [-0.1, -0.05) is 12.1 Å². The summed E-state index contributed by atoms with van der Waals surface area (Å²) in [4.78, 5) is 12.2. The quantitative estimate of drug-likeness (QED) is 0.760. The van der Waals surface area contributed by atoms with E-state index in [4.69, 9.17) is 9.29 Å². The van der Waals surface area contributed by atoms with Gasteiger partial charge in [-0.3, -0.25) is 9.35 Å². The Kier molecular flexibility index (Phi) is 5.42. The molecule has 2 rings (SSSR count). The van der Waals surface area contributed by atoms with Crippen molar-refractivity contribution < 1.29 is 39.9 Å². The monoisotopic (exact) mass is 391 g/mol. The molecule has 0 aromatic heterocycles. The Balaban J connectivity index is 2.31. The largest absolute Gasteiger partial charge is 0.493 e. The van der Waals surface area contributed by atoms with Gasteiger partial charge in [0.1, 0.15) is 0 Å². The van der Waals surface area contributed by atoms with E-state index >= 15 is 0 Å². The fourth-order valence-corrected chi connectivity index (χ4v) is 2.42. The lowest BCUT2D eigenvalue weighted by molar-refractivity contribution is -0.137. The van der Waals surface area contributed by atoms with Crippen LogP contribution in [0.5, 0.6) is 11.5 Å². The smallest absolute Gasteiger partial charge is 0.446 e. The zero-order valence-electron chi connectivity index (χ0n) is 13.1. The average molecular weight is 391 g/mol. The fourth-order valence-electron chi connectivity index (χ4n) is 2.05. The Bertz CT molecular complexity index is 927. The molecule has 0 spiro atoms. The predicted octanol–water partition coefficient (Wildman–Crippen LogP) is 3.15. The molecule has 0 aliphatic heterocycles. The van der Waals surface area contributed by atoms with Gasteiger partial charge in [-0.25, -0.2) is 0 Å². The highest BCUT2D eigenvalue weighted by atomic mass is 32.3. The maximum Gasteiger partial charge on any atom is 0.446 e. The minimum absolute atomic E-state index is 0.0199. The maximum atomic E-state index is 13.0. The summed E-state index contributed by atoms with van der Waals surface area (Å²) in [5.74, 6) is -1.57. The van der Waals surface area contributed by atoms with Crippen LogP contribution in [-0.2, 0) is 16.6 Å². The Morgan fingerprint density at radius 1 is 1.12 bits per heavy atom. The summed E-state index contributed by atoms with van der Waals surface area (Å²) in [6, 6.07) is 7.57. The summed E-state index contributed by atoms with van der Waals surface area (Å²) in [5.41, 5.74) is -1.67. The molecule has 7 nitrogen and oxygen atoms in total. The summed E-state index contributed by atoms with van der Waals surface area (Å²) in [6.07, 6.45) is -4.71. The van der Waals surface area contributed by atoms with Crippen LogP contribution in [-0.4, -0.2) is 26.0 Å². The lowest BCUT2D eigenvalue weighted by Crippen LogP contribution is -2.18. The number of amides is 1. The molecule has 2 N–H and O–H groups in total. The number of halogens is 3. The fraction of sp³-hybridized carbons (Fsp3) is 0.133. The van der Waals surface area contributed by atoms with E-state index in [1.165, 1.54) is 6.07 Å². The van der Waals surface area contributed by atoms with E-state index in [0.29, 0.717) is 0 Å². The van der Waals surface area contributed by atoms with Crippen LogP contribution in [0.25, 0.3) is 0 Å². The van der Waals surface area contributed by atoms with Crippen LogP contribution in [0.2, 0.25) is 0 Å². The van der Waals surface area contributed by atoms with Gasteiger partial charge in [0.05, 0.1) is 18.2 Å². The Hall–Kier alpha value is -2.79. The third kappa shape index (κ3) is 4.86. The third-order valence-electron chi connectivity index (χ3n) is 3.09. The Labute approximate surface area is 146 Å². The zero-order chi connectivity index (χ0) is 19.5. The molecule has 0 saturated carbocycles. The van der Waals surface area contributed by atoms with Gasteiger partial charge in [0.15, 0.2) is 11.5 Å². The number of carbonyl (C=O) groups is 1. The highest BCUT2D eigenvalue weighted by Gasteiger charge is 2.34. The van der Waals surface area contributed by atoms with Crippen LogP contribution in [0, 0.1) is 0 Å². The van der Waals surface area contributed by atoms with Crippen molar-refractivity contribution in [3.63, 3.8) is 0 Å². The number of rotatable bonds is 5. The predicted molar refractivity (Wildman–Crippen MR) is 84.6 cm³/mol. The molecular weight excluding hydrogens is 379 g/mol. The van der Waals surface area contributed by atoms with Gasteiger partial charge in [-0.15, -0.1) is 0 Å². The highest BCUT2D eigenvalue weighted by Crippen LogP contribution is 2.33. The standard InChI is InChI=1S/C15H12F3NO6S/c1-24-13-8-9(6-7-12(13)25-26(21,22)23)19-14(20)10-4-2-3-5-11(10)15(16,17)18/h2-8H,1H3,(H,19,20)(H,21,22,23). The van der Waals surface area contributed by atoms with E-state index < -0.39 is 33.6 Å². The molecule has 0 fully saturated rings. The maximum absolute atomic E-state index is 13.0. The first kappa shape index (κ1) is 19.5. The van der Waals surface area contributed by atoms with Gasteiger partial charge in [-0.05, 0) is 24.3 Å². The molecule has 0 radical (unpaired) electrons. The van der Waals surface area contributed by atoms with Crippen molar-refractivity contribution in [2.45, 2.75) is 6.18 Å². The molecule has 0 bridgehead atoms. The van der Waals surface area contributed by atoms with Crippen LogP contribution in [0.4, 0.5) is 18.9 Å². The molecule has 2 aromatic rings. The van der Waals surface area contributed by atoms with Gasteiger partial charge in [0.25, 0.3) is 5.91 Å². The molecule has 11 heteroatoms. The number of nitrogens with one attached hydrogen (secondary N) is 1. The minimum Gasteiger partial charge on any atom is -0.493 e. The van der Waals surface area contributed by atoms with Crippen LogP contribution in [0.3, 0.4) is 0 Å². The molecule has 2 aromatic carbocycles. The summed E-state index contributed by atoms with van der Waals surface area (Å²) >= 11 is 0. The molecule has 140 valence electrons. The molecule has 0 aliphatic rings. The topological polar surface area (TPSA) is 102 Å². The Morgan fingerprint density at radius 2 is 1.77 bits per heavy atom. The van der Waals surface area contributed by atoms with Crippen molar-refractivity contribution in [2.75, 3.05) is 12.4 Å². The number of alkyl halides is 3. The van der Waals surface area contributed by atoms with Crippen molar-refractivity contribution >= 4 is 22.0 Å². The highest BCUT2D eigenvalue weighted by molar-refractivity contribution is 7.81. The second-order valence-corrected chi connectivity index (χ2v) is 5.90. The number of hydrogen-bond donors (Lipinski definition) is 2. The first-order chi connectivity index (χ1) is 12.0. The van der Waals surface area contributed by atoms with E-state index in [-0.39, 0.29) is 17.2 Å². The van der Waals surface area contributed by atoms with Crippen LogP contribution in [0.1, 0.15) is 15.9 Å². The van der Waals surface area contributed by atoms with E-state index in [9.17, 15) is 26.4 Å². The number of methoxy groups -OCH3 is 1. The summed E-state index contributed by atoms with van der Waals surface area (Å²) in [7, 11) is -3.64. The molecule has 0 heterocycles. The van der Waals surface area contributed by atoms with E-state index in [1.54, 1.807) is 0 Å². The first-order valence-electron chi connectivity index (χ1n) is 6.84. The number of ether oxygens (including phenoxy) is 1. The van der Waals surface area contributed by atoms with Gasteiger partial charge >= 0.3 is 16.6 Å². The summed E-state index contributed by atoms with van der Waals surface area (Å²) in [5, 5.41) is 2.25. The second-order valence-electron chi connectivity index (χ2n) is 4.87. The van der Waals surface area contributed by atoms with Gasteiger partial charge in [0.2, 0.25) is 0 Å². The number of hydrogen-bond acceptors (Lipinski definition) is 5. The van der Waals surface area contributed by atoms with Gasteiger partial charge < -0.3 is 14.2 Å². The summed E-state index contributed by atoms with van der Waals surface area (Å²) < 4.78 is 78.3. The molecular formula is C15H12F3NO6S. The molecule has 1 amide bonds. The SMILES string of the molecule is COc1cc(NC(=O)c2ccccc2C(F)(F)F)ccc1OS(=O)(=O)O. The van der Waals surface area contributed by atoms with Crippen LogP contribution in [0.15, 0.2) is 42.5 Å². The molecule has 0 unspecified atom stereocenters. The normalized spacial score (nSPS) is 11.7. The Morgan fingerprint density at radius 3 is 2.35 bits per heavy atom. The van der Waals surface area contributed by atoms with Crippen LogP contribution < -0.4 is 14.2 Å². The van der Waals surface area contributed by atoms with Crippen molar-refractivity contribution in [3.8, 4) is 11.5 Å². The minimum atomic E-state index is -4.80. The van der Waals surface area contributed by atoms with Crippen molar-refractivity contribution in [1.82, 2.24) is 0 Å². The zero-order valence-corrected chi connectivity index (χ0v) is 13.9. The third-order valence-corrected chi connectivity index (χ3v) is 3.48. The lowest BCUT2D eigenvalue weighted by atomic mass is 10.1.